The molecule has 0 aromatic carbocycles. The molecule has 0 radical (unpaired) electrons. The van der Waals surface area contributed by atoms with Crippen LogP contribution in [-0.2, 0) is 0 Å². The van der Waals surface area contributed by atoms with Crippen molar-refractivity contribution in [2.45, 2.75) is 19.4 Å². The van der Waals surface area contributed by atoms with E-state index in [2.05, 4.69) is 4.98 Å². The van der Waals surface area contributed by atoms with Gasteiger partial charge in [-0.1, -0.05) is 0 Å². The molecule has 0 aliphatic carbocycles. The summed E-state index contributed by atoms with van der Waals surface area (Å²) in [5, 5.41) is 0. The summed E-state index contributed by atoms with van der Waals surface area (Å²) in [7, 11) is 1.44. The zero-order valence-electron chi connectivity index (χ0n) is 9.11. The van der Waals surface area contributed by atoms with Gasteiger partial charge in [-0.25, -0.2) is 8.78 Å². The van der Waals surface area contributed by atoms with Crippen molar-refractivity contribution in [1.82, 2.24) is 4.98 Å². The molecule has 0 bridgehead atoms. The van der Waals surface area contributed by atoms with Crippen LogP contribution in [0.15, 0.2) is 12.1 Å². The maximum absolute atomic E-state index is 11.9. The smallest absolute Gasteiger partial charge is 0.272 e. The lowest BCUT2D eigenvalue weighted by atomic mass is 10.1. The zero-order chi connectivity index (χ0) is 12.1. The van der Waals surface area contributed by atoms with E-state index in [0.29, 0.717) is 11.4 Å². The van der Waals surface area contributed by atoms with Gasteiger partial charge in [0.15, 0.2) is 6.61 Å². The minimum Gasteiger partial charge on any atom is -0.481 e. The number of ether oxygens (including phenoxy) is 2. The summed E-state index contributed by atoms with van der Waals surface area (Å²) in [5.74, 6) is 0.392. The number of alkyl halides is 2. The second-order valence-corrected chi connectivity index (χ2v) is 3.24. The van der Waals surface area contributed by atoms with Gasteiger partial charge in [-0.3, -0.25) is 0 Å². The second kappa shape index (κ2) is 5.60. The molecule has 90 valence electrons. The summed E-state index contributed by atoms with van der Waals surface area (Å²) in [5.41, 5.74) is 6.38. The van der Waals surface area contributed by atoms with E-state index in [0.717, 1.165) is 0 Å². The average Bonchev–Trinajstić information content (AvgIpc) is 2.25. The van der Waals surface area contributed by atoms with Crippen LogP contribution in [0.25, 0.3) is 0 Å². The fraction of sp³-hybridized carbons (Fsp3) is 0.500. The summed E-state index contributed by atoms with van der Waals surface area (Å²) in [6, 6.07) is 2.90. The third kappa shape index (κ3) is 3.30. The summed E-state index contributed by atoms with van der Waals surface area (Å²) in [6.07, 6.45) is -2.53. The SMILES string of the molecule is COc1nc(OCC(F)F)ccc1C(C)N. The fourth-order valence-electron chi connectivity index (χ4n) is 1.17. The van der Waals surface area contributed by atoms with Crippen LogP contribution in [0.5, 0.6) is 11.8 Å². The monoisotopic (exact) mass is 232 g/mol. The van der Waals surface area contributed by atoms with E-state index in [1.165, 1.54) is 13.2 Å². The first-order valence-corrected chi connectivity index (χ1v) is 4.76. The van der Waals surface area contributed by atoms with Crippen LogP contribution in [0.3, 0.4) is 0 Å². The molecule has 0 saturated carbocycles. The van der Waals surface area contributed by atoms with Crippen molar-refractivity contribution in [2.75, 3.05) is 13.7 Å². The minimum absolute atomic E-state index is 0.0987. The van der Waals surface area contributed by atoms with Crippen LogP contribution in [0.1, 0.15) is 18.5 Å². The molecule has 0 spiro atoms. The maximum atomic E-state index is 11.9. The van der Waals surface area contributed by atoms with Crippen molar-refractivity contribution >= 4 is 0 Å². The van der Waals surface area contributed by atoms with E-state index in [1.54, 1.807) is 13.0 Å². The highest BCUT2D eigenvalue weighted by Gasteiger charge is 2.11. The van der Waals surface area contributed by atoms with Crippen LogP contribution < -0.4 is 15.2 Å². The first-order valence-electron chi connectivity index (χ1n) is 4.76. The number of hydrogen-bond acceptors (Lipinski definition) is 4. The molecule has 0 saturated heterocycles. The lowest BCUT2D eigenvalue weighted by Crippen LogP contribution is -2.11. The van der Waals surface area contributed by atoms with Crippen molar-refractivity contribution in [3.8, 4) is 11.8 Å². The largest absolute Gasteiger partial charge is 0.481 e. The van der Waals surface area contributed by atoms with Gasteiger partial charge in [-0.2, -0.15) is 4.98 Å². The summed E-state index contributed by atoms with van der Waals surface area (Å²) < 4.78 is 33.6. The number of methoxy groups -OCH3 is 1. The van der Waals surface area contributed by atoms with Crippen LogP contribution in [-0.4, -0.2) is 25.1 Å². The second-order valence-electron chi connectivity index (χ2n) is 3.24. The molecule has 0 fully saturated rings. The average molecular weight is 232 g/mol. The molecule has 1 atom stereocenters. The van der Waals surface area contributed by atoms with Gasteiger partial charge in [-0.05, 0) is 13.0 Å². The Balaban J connectivity index is 2.82. The molecular formula is C10H14F2N2O2. The molecule has 6 heteroatoms. The molecule has 0 aliphatic rings. The third-order valence-electron chi connectivity index (χ3n) is 1.91. The Labute approximate surface area is 92.4 Å². The summed E-state index contributed by atoms with van der Waals surface area (Å²) in [6.45, 7) is 1.09. The quantitative estimate of drug-likeness (QED) is 0.840. The molecule has 1 unspecified atom stereocenters. The van der Waals surface area contributed by atoms with E-state index < -0.39 is 13.0 Å². The van der Waals surface area contributed by atoms with Gasteiger partial charge < -0.3 is 15.2 Å². The predicted molar refractivity (Wildman–Crippen MR) is 54.9 cm³/mol. The van der Waals surface area contributed by atoms with Crippen molar-refractivity contribution in [3.63, 3.8) is 0 Å². The number of pyridine rings is 1. The van der Waals surface area contributed by atoms with E-state index in [1.807, 2.05) is 0 Å². The van der Waals surface area contributed by atoms with Gasteiger partial charge in [0.05, 0.1) is 7.11 Å². The molecule has 1 aromatic heterocycles. The van der Waals surface area contributed by atoms with Crippen molar-refractivity contribution in [2.24, 2.45) is 5.73 Å². The highest BCUT2D eigenvalue weighted by atomic mass is 19.3. The van der Waals surface area contributed by atoms with Crippen molar-refractivity contribution in [3.05, 3.63) is 17.7 Å². The lowest BCUT2D eigenvalue weighted by Gasteiger charge is -2.12. The van der Waals surface area contributed by atoms with Crippen molar-refractivity contribution < 1.29 is 18.3 Å². The fourth-order valence-corrected chi connectivity index (χ4v) is 1.17. The number of nitrogens with two attached hydrogens (primary N) is 1. The Morgan fingerprint density at radius 2 is 2.12 bits per heavy atom. The molecule has 16 heavy (non-hydrogen) atoms. The molecule has 0 aliphatic heterocycles. The highest BCUT2D eigenvalue weighted by molar-refractivity contribution is 5.32. The molecule has 1 heterocycles. The Bertz CT molecular complexity index is 346. The van der Waals surface area contributed by atoms with E-state index in [4.69, 9.17) is 15.2 Å². The van der Waals surface area contributed by atoms with Gasteiger partial charge in [0.1, 0.15) is 0 Å². The Morgan fingerprint density at radius 1 is 1.44 bits per heavy atom. The van der Waals surface area contributed by atoms with Gasteiger partial charge >= 0.3 is 0 Å². The van der Waals surface area contributed by atoms with E-state index >= 15 is 0 Å². The van der Waals surface area contributed by atoms with Gasteiger partial charge in [0.25, 0.3) is 6.43 Å². The van der Waals surface area contributed by atoms with E-state index in [-0.39, 0.29) is 11.9 Å². The Kier molecular flexibility index (Phi) is 4.42. The standard InChI is InChI=1S/C10H14F2N2O2/c1-6(13)7-3-4-9(14-10(7)15-2)16-5-8(11)12/h3-4,6,8H,5,13H2,1-2H3. The number of hydrogen-bond donors (Lipinski definition) is 1. The number of rotatable bonds is 5. The Hall–Kier alpha value is -1.43. The lowest BCUT2D eigenvalue weighted by molar-refractivity contribution is 0.0792. The van der Waals surface area contributed by atoms with Crippen LogP contribution in [0.2, 0.25) is 0 Å². The molecule has 1 aromatic rings. The summed E-state index contributed by atoms with van der Waals surface area (Å²) in [4.78, 5) is 3.93. The third-order valence-corrected chi connectivity index (χ3v) is 1.91. The van der Waals surface area contributed by atoms with E-state index in [9.17, 15) is 8.78 Å². The first kappa shape index (κ1) is 12.6. The number of nitrogens with zero attached hydrogens (tertiary/aromatic N) is 1. The zero-order valence-corrected chi connectivity index (χ0v) is 9.11. The van der Waals surface area contributed by atoms with Gasteiger partial charge in [0, 0.05) is 17.7 Å². The molecule has 4 nitrogen and oxygen atoms in total. The summed E-state index contributed by atoms with van der Waals surface area (Å²) >= 11 is 0. The topological polar surface area (TPSA) is 57.4 Å². The van der Waals surface area contributed by atoms with Crippen LogP contribution in [0, 0.1) is 0 Å². The van der Waals surface area contributed by atoms with Gasteiger partial charge in [-0.15, -0.1) is 0 Å². The van der Waals surface area contributed by atoms with Crippen LogP contribution >= 0.6 is 0 Å². The minimum atomic E-state index is -2.53. The molecule has 2 N–H and O–H groups in total. The maximum Gasteiger partial charge on any atom is 0.272 e. The number of aromatic nitrogens is 1. The first-order chi connectivity index (χ1) is 7.54. The number of halogens is 2. The molecule has 0 amide bonds. The normalized spacial score (nSPS) is 12.6. The predicted octanol–water partition coefficient (Wildman–Crippen LogP) is 1.75. The highest BCUT2D eigenvalue weighted by Crippen LogP contribution is 2.24. The van der Waals surface area contributed by atoms with Crippen LogP contribution in [0.4, 0.5) is 8.78 Å². The molecular weight excluding hydrogens is 218 g/mol. The van der Waals surface area contributed by atoms with Gasteiger partial charge in [0.2, 0.25) is 11.8 Å². The Morgan fingerprint density at radius 3 is 2.62 bits per heavy atom. The molecule has 1 rings (SSSR count). The van der Waals surface area contributed by atoms with Crippen molar-refractivity contribution in [1.29, 1.82) is 0 Å².